The summed E-state index contributed by atoms with van der Waals surface area (Å²) in [6.07, 6.45) is 5.11. The van der Waals surface area contributed by atoms with Gasteiger partial charge in [0, 0.05) is 37.4 Å². The molecule has 0 saturated heterocycles. The van der Waals surface area contributed by atoms with Gasteiger partial charge in [-0.05, 0) is 45.5 Å². The minimum Gasteiger partial charge on any atom is -0.312 e. The average molecular weight is 300 g/mol. The molecule has 2 aromatic rings. The van der Waals surface area contributed by atoms with Crippen LogP contribution in [0, 0.1) is 6.92 Å². The van der Waals surface area contributed by atoms with E-state index in [0.29, 0.717) is 12.1 Å². The maximum Gasteiger partial charge on any atom is 0.0538 e. The van der Waals surface area contributed by atoms with Crippen LogP contribution >= 0.6 is 0 Å². The SMILES string of the molecule is Cc1ccccc1CC(C)NCC(c1cnn(C)c1)N(C)C. The Kier molecular flexibility index (Phi) is 5.75. The molecule has 0 aliphatic heterocycles. The van der Waals surface area contributed by atoms with E-state index < -0.39 is 0 Å². The first-order chi connectivity index (χ1) is 10.5. The van der Waals surface area contributed by atoms with Crippen LogP contribution in [0.3, 0.4) is 0 Å². The summed E-state index contributed by atoms with van der Waals surface area (Å²) in [5, 5.41) is 7.96. The molecule has 0 saturated carbocycles. The first kappa shape index (κ1) is 16.7. The van der Waals surface area contributed by atoms with Crippen molar-refractivity contribution in [3.05, 3.63) is 53.3 Å². The van der Waals surface area contributed by atoms with Crippen LogP contribution in [0.4, 0.5) is 0 Å². The molecule has 1 aromatic heterocycles. The summed E-state index contributed by atoms with van der Waals surface area (Å²) < 4.78 is 1.86. The lowest BCUT2D eigenvalue weighted by Crippen LogP contribution is -2.36. The summed E-state index contributed by atoms with van der Waals surface area (Å²) in [5.74, 6) is 0. The number of hydrogen-bond acceptors (Lipinski definition) is 3. The Morgan fingerprint density at radius 2 is 2.00 bits per heavy atom. The van der Waals surface area contributed by atoms with Crippen molar-refractivity contribution in [3.63, 3.8) is 0 Å². The number of nitrogens with one attached hydrogen (secondary N) is 1. The van der Waals surface area contributed by atoms with E-state index in [1.807, 2.05) is 17.9 Å². The second kappa shape index (κ2) is 7.56. The molecule has 4 nitrogen and oxygen atoms in total. The molecule has 0 fully saturated rings. The molecule has 0 bridgehead atoms. The predicted molar refractivity (Wildman–Crippen MR) is 92.0 cm³/mol. The minimum absolute atomic E-state index is 0.341. The highest BCUT2D eigenvalue weighted by Gasteiger charge is 2.16. The van der Waals surface area contributed by atoms with Crippen molar-refractivity contribution < 1.29 is 0 Å². The Labute approximate surface area is 134 Å². The fraction of sp³-hybridized carbons (Fsp3) is 0.500. The van der Waals surface area contributed by atoms with Gasteiger partial charge < -0.3 is 10.2 Å². The predicted octanol–water partition coefficient (Wildman–Crippen LogP) is 2.55. The Morgan fingerprint density at radius 3 is 2.59 bits per heavy atom. The zero-order valence-electron chi connectivity index (χ0n) is 14.4. The topological polar surface area (TPSA) is 33.1 Å². The summed E-state index contributed by atoms with van der Waals surface area (Å²) >= 11 is 0. The summed E-state index contributed by atoms with van der Waals surface area (Å²) in [6, 6.07) is 9.40. The first-order valence-electron chi connectivity index (χ1n) is 7.90. The normalized spacial score (nSPS) is 14.3. The van der Waals surface area contributed by atoms with Gasteiger partial charge in [0.1, 0.15) is 0 Å². The lowest BCUT2D eigenvalue weighted by molar-refractivity contribution is 0.281. The van der Waals surface area contributed by atoms with E-state index in [-0.39, 0.29) is 0 Å². The van der Waals surface area contributed by atoms with Crippen LogP contribution in [0.15, 0.2) is 36.7 Å². The Bertz CT molecular complexity index is 588. The van der Waals surface area contributed by atoms with Crippen molar-refractivity contribution in [1.82, 2.24) is 20.0 Å². The number of benzene rings is 1. The van der Waals surface area contributed by atoms with Crippen molar-refractivity contribution in [2.45, 2.75) is 32.4 Å². The molecule has 0 spiro atoms. The molecule has 1 aromatic carbocycles. The van der Waals surface area contributed by atoms with E-state index in [1.54, 1.807) is 0 Å². The third kappa shape index (κ3) is 4.42. The van der Waals surface area contributed by atoms with Crippen molar-refractivity contribution in [2.75, 3.05) is 20.6 Å². The van der Waals surface area contributed by atoms with E-state index in [0.717, 1.165) is 13.0 Å². The maximum atomic E-state index is 4.29. The molecule has 0 amide bonds. The number of nitrogens with zero attached hydrogens (tertiary/aromatic N) is 3. The van der Waals surface area contributed by atoms with Gasteiger partial charge in [0.15, 0.2) is 0 Å². The zero-order chi connectivity index (χ0) is 16.1. The number of aryl methyl sites for hydroxylation is 2. The number of likely N-dealkylation sites (N-methyl/N-ethyl adjacent to an activating group) is 1. The second-order valence-electron chi connectivity index (χ2n) is 6.37. The molecule has 4 heteroatoms. The van der Waals surface area contributed by atoms with Crippen LogP contribution in [0.5, 0.6) is 0 Å². The fourth-order valence-electron chi connectivity index (χ4n) is 2.76. The summed E-state index contributed by atoms with van der Waals surface area (Å²) in [5.41, 5.74) is 4.04. The second-order valence-corrected chi connectivity index (χ2v) is 6.37. The molecule has 2 atom stereocenters. The standard InChI is InChI=1S/C18H28N4/c1-14-8-6-7-9-16(14)10-15(2)19-12-18(21(3)4)17-11-20-22(5)13-17/h6-9,11,13,15,18-19H,10,12H2,1-5H3. The zero-order valence-corrected chi connectivity index (χ0v) is 14.4. The average Bonchev–Trinajstić information content (AvgIpc) is 2.87. The Hall–Kier alpha value is -1.65. The van der Waals surface area contributed by atoms with E-state index in [4.69, 9.17) is 0 Å². The van der Waals surface area contributed by atoms with E-state index >= 15 is 0 Å². The molecule has 1 heterocycles. The van der Waals surface area contributed by atoms with Crippen LogP contribution in [-0.4, -0.2) is 41.4 Å². The lowest BCUT2D eigenvalue weighted by Gasteiger charge is -2.26. The van der Waals surface area contributed by atoms with Gasteiger partial charge in [-0.2, -0.15) is 5.10 Å². The monoisotopic (exact) mass is 300 g/mol. The highest BCUT2D eigenvalue weighted by atomic mass is 15.2. The molecule has 0 aliphatic carbocycles. The Morgan fingerprint density at radius 1 is 1.27 bits per heavy atom. The molecule has 1 N–H and O–H groups in total. The molecule has 0 radical (unpaired) electrons. The van der Waals surface area contributed by atoms with E-state index in [9.17, 15) is 0 Å². The van der Waals surface area contributed by atoms with Crippen molar-refractivity contribution in [2.24, 2.45) is 7.05 Å². The quantitative estimate of drug-likeness (QED) is 0.853. The van der Waals surface area contributed by atoms with Crippen molar-refractivity contribution >= 4 is 0 Å². The van der Waals surface area contributed by atoms with Crippen LogP contribution in [0.25, 0.3) is 0 Å². The van der Waals surface area contributed by atoms with Gasteiger partial charge in [-0.25, -0.2) is 0 Å². The molecule has 120 valence electrons. The molecule has 22 heavy (non-hydrogen) atoms. The Balaban J connectivity index is 1.93. The lowest BCUT2D eigenvalue weighted by atomic mass is 10.0. The molecular weight excluding hydrogens is 272 g/mol. The van der Waals surface area contributed by atoms with Crippen molar-refractivity contribution in [3.8, 4) is 0 Å². The summed E-state index contributed by atoms with van der Waals surface area (Å²) in [4.78, 5) is 2.24. The smallest absolute Gasteiger partial charge is 0.0538 e. The van der Waals surface area contributed by atoms with Gasteiger partial charge in [-0.1, -0.05) is 24.3 Å². The highest BCUT2D eigenvalue weighted by Crippen LogP contribution is 2.17. The number of hydrogen-bond donors (Lipinski definition) is 1. The van der Waals surface area contributed by atoms with Gasteiger partial charge in [0.05, 0.1) is 6.20 Å². The molecule has 2 unspecified atom stereocenters. The highest BCUT2D eigenvalue weighted by molar-refractivity contribution is 5.26. The van der Waals surface area contributed by atoms with Gasteiger partial charge >= 0.3 is 0 Å². The third-order valence-corrected chi connectivity index (χ3v) is 4.18. The first-order valence-corrected chi connectivity index (χ1v) is 7.90. The van der Waals surface area contributed by atoms with E-state index in [2.05, 4.69) is 73.7 Å². The van der Waals surface area contributed by atoms with Crippen molar-refractivity contribution in [1.29, 1.82) is 0 Å². The third-order valence-electron chi connectivity index (χ3n) is 4.18. The minimum atomic E-state index is 0.341. The van der Waals surface area contributed by atoms with Gasteiger partial charge in [-0.3, -0.25) is 4.68 Å². The summed E-state index contributed by atoms with van der Waals surface area (Å²) in [7, 11) is 6.20. The van der Waals surface area contributed by atoms with Crippen LogP contribution in [0.1, 0.15) is 29.7 Å². The number of rotatable bonds is 7. The molecule has 2 rings (SSSR count). The van der Waals surface area contributed by atoms with Gasteiger partial charge in [0.2, 0.25) is 0 Å². The van der Waals surface area contributed by atoms with Gasteiger partial charge in [-0.15, -0.1) is 0 Å². The van der Waals surface area contributed by atoms with Crippen LogP contribution in [0.2, 0.25) is 0 Å². The van der Waals surface area contributed by atoms with E-state index in [1.165, 1.54) is 16.7 Å². The maximum absolute atomic E-state index is 4.29. The van der Waals surface area contributed by atoms with Crippen LogP contribution < -0.4 is 5.32 Å². The molecule has 0 aliphatic rings. The van der Waals surface area contributed by atoms with Gasteiger partial charge in [0.25, 0.3) is 0 Å². The summed E-state index contributed by atoms with van der Waals surface area (Å²) in [6.45, 7) is 5.36. The molecular formula is C18H28N4. The number of aromatic nitrogens is 2. The fourth-order valence-corrected chi connectivity index (χ4v) is 2.76. The van der Waals surface area contributed by atoms with Crippen LogP contribution in [-0.2, 0) is 13.5 Å². The largest absolute Gasteiger partial charge is 0.312 e.